The second-order valence-electron chi connectivity index (χ2n) is 7.77. The van der Waals surface area contributed by atoms with Crippen LogP contribution in [0.3, 0.4) is 0 Å². The van der Waals surface area contributed by atoms with Crippen molar-refractivity contribution in [2.45, 2.75) is 0 Å². The molecule has 3 aromatic carbocycles. The molecular formula is C25H14F4N6O2. The van der Waals surface area contributed by atoms with E-state index in [0.717, 1.165) is 30.3 Å². The third kappa shape index (κ3) is 4.72. The zero-order chi connectivity index (χ0) is 26.1. The number of nitrogens with one attached hydrogen (secondary N) is 3. The summed E-state index contributed by atoms with van der Waals surface area (Å²) in [6.45, 7) is 0. The first-order chi connectivity index (χ1) is 17.8. The number of hydrogen-bond donors (Lipinski definition) is 3. The largest absolute Gasteiger partial charge is 0.323 e. The number of nitrogens with zero attached hydrogens (tertiary/aromatic N) is 3. The normalized spacial score (nSPS) is 10.9. The van der Waals surface area contributed by atoms with Gasteiger partial charge in [-0.3, -0.25) is 14.9 Å². The van der Waals surface area contributed by atoms with Crippen molar-refractivity contribution in [3.8, 4) is 11.3 Å². The molecule has 0 atom stereocenters. The number of carbonyl (C=O) groups excluding carboxylic acids is 2. The summed E-state index contributed by atoms with van der Waals surface area (Å²) in [6.07, 6.45) is 4.67. The third-order valence-electron chi connectivity index (χ3n) is 5.34. The monoisotopic (exact) mass is 506 g/mol. The second-order valence-corrected chi connectivity index (χ2v) is 7.77. The number of hydrogen-bond acceptors (Lipinski definition) is 5. The molecule has 5 rings (SSSR count). The fraction of sp³-hybridized carbons (Fsp3) is 0. The molecule has 0 aliphatic carbocycles. The van der Waals surface area contributed by atoms with Crippen LogP contribution in [0.4, 0.5) is 33.7 Å². The van der Waals surface area contributed by atoms with Crippen LogP contribution < -0.4 is 10.6 Å². The van der Waals surface area contributed by atoms with Crippen LogP contribution in [0.25, 0.3) is 22.3 Å². The molecule has 0 saturated carbocycles. The van der Waals surface area contributed by atoms with Crippen molar-refractivity contribution in [3.63, 3.8) is 0 Å². The molecule has 0 saturated heterocycles. The molecule has 0 fully saturated rings. The van der Waals surface area contributed by atoms with Gasteiger partial charge in [-0.15, -0.1) is 0 Å². The van der Waals surface area contributed by atoms with Crippen molar-refractivity contribution in [1.82, 2.24) is 20.2 Å². The van der Waals surface area contributed by atoms with Crippen LogP contribution in [0.15, 0.2) is 67.1 Å². The van der Waals surface area contributed by atoms with E-state index >= 15 is 4.39 Å². The van der Waals surface area contributed by atoms with Gasteiger partial charge in [0.2, 0.25) is 0 Å². The highest BCUT2D eigenvalue weighted by atomic mass is 19.2. The quantitative estimate of drug-likeness (QED) is 0.217. The van der Waals surface area contributed by atoms with E-state index in [9.17, 15) is 22.8 Å². The number of anilines is 2. The third-order valence-corrected chi connectivity index (χ3v) is 5.34. The van der Waals surface area contributed by atoms with Crippen LogP contribution in [0.5, 0.6) is 0 Å². The minimum atomic E-state index is -1.32. The first kappa shape index (κ1) is 23.6. The SMILES string of the molecule is O=C(Nc1ccc(F)c(F)c1)Nc1ccc(F)c(C(=O)c2ccc3ncc(-c4cn[nH]c4)nc3c2)c1F. The van der Waals surface area contributed by atoms with Crippen molar-refractivity contribution >= 4 is 34.2 Å². The molecule has 0 radical (unpaired) electrons. The predicted molar refractivity (Wildman–Crippen MR) is 126 cm³/mol. The Bertz CT molecular complexity index is 1670. The Morgan fingerprint density at radius 1 is 0.811 bits per heavy atom. The number of amides is 2. The van der Waals surface area contributed by atoms with Crippen LogP contribution in [0, 0.1) is 23.3 Å². The maximum Gasteiger partial charge on any atom is 0.323 e. The summed E-state index contributed by atoms with van der Waals surface area (Å²) in [5, 5.41) is 10.8. The molecular weight excluding hydrogens is 492 g/mol. The van der Waals surface area contributed by atoms with E-state index in [4.69, 9.17) is 0 Å². The van der Waals surface area contributed by atoms with Crippen LogP contribution in [0.2, 0.25) is 0 Å². The van der Waals surface area contributed by atoms with Crippen LogP contribution in [0.1, 0.15) is 15.9 Å². The number of carbonyl (C=O) groups is 2. The van der Waals surface area contributed by atoms with Gasteiger partial charge < -0.3 is 10.6 Å². The molecule has 8 nitrogen and oxygen atoms in total. The molecule has 0 aliphatic heterocycles. The van der Waals surface area contributed by atoms with E-state index in [1.165, 1.54) is 30.6 Å². The summed E-state index contributed by atoms with van der Waals surface area (Å²) in [5.74, 6) is -5.76. The van der Waals surface area contributed by atoms with E-state index in [1.54, 1.807) is 6.20 Å². The van der Waals surface area contributed by atoms with Crippen LogP contribution >= 0.6 is 0 Å². The minimum absolute atomic E-state index is 0.0627. The van der Waals surface area contributed by atoms with Gasteiger partial charge in [0.15, 0.2) is 23.2 Å². The Morgan fingerprint density at radius 2 is 1.62 bits per heavy atom. The van der Waals surface area contributed by atoms with E-state index in [-0.39, 0.29) is 11.3 Å². The number of urea groups is 1. The Morgan fingerprint density at radius 3 is 2.38 bits per heavy atom. The molecule has 0 bridgehead atoms. The average Bonchev–Trinajstić information content (AvgIpc) is 3.42. The Kier molecular flexibility index (Phi) is 6.05. The highest BCUT2D eigenvalue weighted by Crippen LogP contribution is 2.26. The standard InChI is InChI=1S/C25H14F4N6O2/c26-15-3-2-14(8-17(15)28)33-25(37)35-19-6-4-16(27)22(23(19)29)24(36)12-1-5-18-20(7-12)34-21(11-30-18)13-9-31-32-10-13/h1-11H,(H,31,32)(H2,33,35,37). The van der Waals surface area contributed by atoms with Crippen LogP contribution in [-0.2, 0) is 0 Å². The topological polar surface area (TPSA) is 113 Å². The number of H-pyrrole nitrogens is 1. The number of benzene rings is 3. The van der Waals surface area contributed by atoms with Crippen molar-refractivity contribution < 1.29 is 27.2 Å². The van der Waals surface area contributed by atoms with Gasteiger partial charge in [-0.25, -0.2) is 27.3 Å². The number of rotatable bonds is 5. The van der Waals surface area contributed by atoms with E-state index in [0.29, 0.717) is 22.3 Å². The minimum Gasteiger partial charge on any atom is -0.308 e. The molecule has 2 aromatic heterocycles. The van der Waals surface area contributed by atoms with Crippen molar-refractivity contribution in [2.24, 2.45) is 0 Å². The zero-order valence-corrected chi connectivity index (χ0v) is 18.5. The molecule has 37 heavy (non-hydrogen) atoms. The Hall–Kier alpha value is -5.13. The second kappa shape index (κ2) is 9.49. The summed E-state index contributed by atoms with van der Waals surface area (Å²) in [6, 6.07) is 7.53. The maximum atomic E-state index is 15.2. The first-order valence-electron chi connectivity index (χ1n) is 10.6. The van der Waals surface area contributed by atoms with Gasteiger partial charge in [0.05, 0.1) is 40.4 Å². The molecule has 2 heterocycles. The molecule has 2 amide bonds. The van der Waals surface area contributed by atoms with Gasteiger partial charge in [0.1, 0.15) is 5.82 Å². The van der Waals surface area contributed by atoms with E-state index < -0.39 is 46.3 Å². The summed E-state index contributed by atoms with van der Waals surface area (Å²) >= 11 is 0. The molecule has 0 spiro atoms. The smallest absolute Gasteiger partial charge is 0.308 e. The molecule has 5 aromatic rings. The number of aromatic amines is 1. The first-order valence-corrected chi connectivity index (χ1v) is 10.6. The highest BCUT2D eigenvalue weighted by Gasteiger charge is 2.23. The summed E-state index contributed by atoms with van der Waals surface area (Å²) in [7, 11) is 0. The van der Waals surface area contributed by atoms with Gasteiger partial charge in [-0.05, 0) is 42.5 Å². The lowest BCUT2D eigenvalue weighted by Gasteiger charge is -2.12. The van der Waals surface area contributed by atoms with Crippen LogP contribution in [-0.4, -0.2) is 32.0 Å². The molecule has 184 valence electrons. The van der Waals surface area contributed by atoms with Gasteiger partial charge in [0, 0.05) is 29.1 Å². The number of fused-ring (bicyclic) bond motifs is 1. The molecule has 0 unspecified atom stereocenters. The Balaban J connectivity index is 1.43. The number of halogens is 4. The highest BCUT2D eigenvalue weighted by molar-refractivity contribution is 6.11. The van der Waals surface area contributed by atoms with Gasteiger partial charge in [-0.1, -0.05) is 0 Å². The van der Waals surface area contributed by atoms with Crippen molar-refractivity contribution in [3.05, 3.63) is 102 Å². The zero-order valence-electron chi connectivity index (χ0n) is 18.5. The predicted octanol–water partition coefficient (Wildman–Crippen LogP) is 5.45. The Labute approximate surface area is 205 Å². The van der Waals surface area contributed by atoms with Crippen molar-refractivity contribution in [1.29, 1.82) is 0 Å². The molecule has 12 heteroatoms. The number of ketones is 1. The lowest BCUT2D eigenvalue weighted by molar-refractivity contribution is 0.103. The van der Waals surface area contributed by atoms with Crippen molar-refractivity contribution in [2.75, 3.05) is 10.6 Å². The lowest BCUT2D eigenvalue weighted by atomic mass is 10.0. The molecule has 3 N–H and O–H groups in total. The van der Waals surface area contributed by atoms with E-state index in [1.807, 2.05) is 0 Å². The summed E-state index contributed by atoms with van der Waals surface area (Å²) < 4.78 is 56.2. The van der Waals surface area contributed by atoms with Gasteiger partial charge in [0.25, 0.3) is 0 Å². The lowest BCUT2D eigenvalue weighted by Crippen LogP contribution is -2.21. The van der Waals surface area contributed by atoms with E-state index in [2.05, 4.69) is 30.8 Å². The summed E-state index contributed by atoms with van der Waals surface area (Å²) in [4.78, 5) is 34.0. The fourth-order valence-corrected chi connectivity index (χ4v) is 3.54. The van der Waals surface area contributed by atoms with Gasteiger partial charge >= 0.3 is 6.03 Å². The van der Waals surface area contributed by atoms with Gasteiger partial charge in [-0.2, -0.15) is 5.10 Å². The fourth-order valence-electron chi connectivity index (χ4n) is 3.54. The summed E-state index contributed by atoms with van der Waals surface area (Å²) in [5.41, 5.74) is 0.316. The average molecular weight is 506 g/mol. The molecule has 0 aliphatic rings. The maximum absolute atomic E-state index is 15.2. The number of aromatic nitrogens is 4.